The van der Waals surface area contributed by atoms with Gasteiger partial charge in [-0.15, -0.1) is 0 Å². The maximum Gasteiger partial charge on any atom is 0.307 e. The molecule has 2 N–H and O–H groups in total. The second-order valence-corrected chi connectivity index (χ2v) is 5.12. The minimum atomic E-state index is -0.961. The van der Waals surface area contributed by atoms with E-state index in [2.05, 4.69) is 5.32 Å². The fourth-order valence-corrected chi connectivity index (χ4v) is 2.43. The van der Waals surface area contributed by atoms with Crippen LogP contribution in [0.5, 0.6) is 0 Å². The molecule has 5 nitrogen and oxygen atoms in total. The molecule has 0 aromatic heterocycles. The van der Waals surface area contributed by atoms with Crippen molar-refractivity contribution in [1.29, 1.82) is 0 Å². The minimum Gasteiger partial charge on any atom is -0.481 e. The molecule has 0 fully saturated rings. The Hall–Kier alpha value is -2.43. The summed E-state index contributed by atoms with van der Waals surface area (Å²) in [5.41, 5.74) is 1.01. The van der Waals surface area contributed by atoms with Gasteiger partial charge in [-0.25, -0.2) is 0 Å². The van der Waals surface area contributed by atoms with E-state index in [1.807, 2.05) is 6.08 Å². The Bertz CT molecular complexity index is 606. The molecule has 0 aliphatic heterocycles. The summed E-state index contributed by atoms with van der Waals surface area (Å²) in [5.74, 6) is -2.67. The molecule has 0 radical (unpaired) electrons. The Kier molecular flexibility index (Phi) is 4.52. The van der Waals surface area contributed by atoms with Crippen molar-refractivity contribution >= 4 is 23.3 Å². The van der Waals surface area contributed by atoms with Gasteiger partial charge in [0, 0.05) is 11.3 Å². The maximum absolute atomic E-state index is 12.3. The number of nitrogens with one attached hydrogen (secondary N) is 1. The molecule has 1 aromatic rings. The first kappa shape index (κ1) is 15.0. The number of rotatable bonds is 4. The first-order valence-electron chi connectivity index (χ1n) is 6.78. The van der Waals surface area contributed by atoms with Crippen LogP contribution >= 0.6 is 0 Å². The predicted octanol–water partition coefficient (Wildman–Crippen LogP) is 2.49. The van der Waals surface area contributed by atoms with Gasteiger partial charge in [0.05, 0.1) is 11.8 Å². The van der Waals surface area contributed by atoms with E-state index in [-0.39, 0.29) is 11.7 Å². The molecule has 1 amide bonds. The fraction of sp³-hybridized carbons (Fsp3) is 0.312. The number of hydrogen-bond donors (Lipinski definition) is 2. The van der Waals surface area contributed by atoms with Crippen LogP contribution in [0.25, 0.3) is 0 Å². The second-order valence-electron chi connectivity index (χ2n) is 5.12. The number of carboxylic acid groups (broad SMARTS) is 1. The highest BCUT2D eigenvalue weighted by Crippen LogP contribution is 2.27. The Morgan fingerprint density at radius 2 is 1.81 bits per heavy atom. The number of anilines is 1. The van der Waals surface area contributed by atoms with E-state index < -0.39 is 17.8 Å². The van der Waals surface area contributed by atoms with Crippen molar-refractivity contribution in [2.24, 2.45) is 11.8 Å². The van der Waals surface area contributed by atoms with Gasteiger partial charge in [0.25, 0.3) is 0 Å². The molecular formula is C16H17NO4. The van der Waals surface area contributed by atoms with Gasteiger partial charge in [0.15, 0.2) is 5.78 Å². The molecule has 2 atom stereocenters. The third-order valence-electron chi connectivity index (χ3n) is 3.62. The van der Waals surface area contributed by atoms with Crippen molar-refractivity contribution in [2.45, 2.75) is 19.8 Å². The Morgan fingerprint density at radius 1 is 1.14 bits per heavy atom. The number of aliphatic carboxylic acids is 1. The summed E-state index contributed by atoms with van der Waals surface area (Å²) < 4.78 is 0. The van der Waals surface area contributed by atoms with E-state index in [1.165, 1.54) is 6.92 Å². The molecule has 21 heavy (non-hydrogen) atoms. The van der Waals surface area contributed by atoms with Gasteiger partial charge in [0.1, 0.15) is 0 Å². The molecule has 0 saturated heterocycles. The van der Waals surface area contributed by atoms with Crippen molar-refractivity contribution < 1.29 is 19.5 Å². The van der Waals surface area contributed by atoms with Gasteiger partial charge in [-0.3, -0.25) is 14.4 Å². The molecule has 0 bridgehead atoms. The van der Waals surface area contributed by atoms with Crippen LogP contribution in [0.2, 0.25) is 0 Å². The normalized spacial score (nSPS) is 20.8. The van der Waals surface area contributed by atoms with Gasteiger partial charge in [-0.05, 0) is 31.9 Å². The number of carbonyl (C=O) groups is 3. The van der Waals surface area contributed by atoms with Crippen LogP contribution in [0, 0.1) is 11.8 Å². The standard InChI is InChI=1S/C16H17NO4/c1-10(18)11-5-4-6-12(9-11)17-15(19)13-7-2-3-8-14(13)16(20)21/h2-6,9,13-14H,7-8H2,1H3,(H,17,19)(H,20,21)/t13-,14+/m1/s1. The quantitative estimate of drug-likeness (QED) is 0.658. The Labute approximate surface area is 122 Å². The first-order valence-corrected chi connectivity index (χ1v) is 6.78. The minimum absolute atomic E-state index is 0.0879. The van der Waals surface area contributed by atoms with Crippen LogP contribution in [0.1, 0.15) is 30.1 Å². The van der Waals surface area contributed by atoms with E-state index in [1.54, 1.807) is 30.3 Å². The molecule has 0 unspecified atom stereocenters. The molecule has 0 saturated carbocycles. The van der Waals surface area contributed by atoms with Crippen molar-refractivity contribution in [1.82, 2.24) is 0 Å². The van der Waals surface area contributed by atoms with E-state index in [0.29, 0.717) is 24.1 Å². The Morgan fingerprint density at radius 3 is 2.43 bits per heavy atom. The van der Waals surface area contributed by atoms with E-state index >= 15 is 0 Å². The number of hydrogen-bond acceptors (Lipinski definition) is 3. The lowest BCUT2D eigenvalue weighted by Crippen LogP contribution is -2.34. The van der Waals surface area contributed by atoms with Crippen LogP contribution in [0.15, 0.2) is 36.4 Å². The van der Waals surface area contributed by atoms with E-state index in [0.717, 1.165) is 0 Å². The number of benzene rings is 1. The average molecular weight is 287 g/mol. The van der Waals surface area contributed by atoms with Crippen molar-refractivity contribution in [3.8, 4) is 0 Å². The summed E-state index contributed by atoms with van der Waals surface area (Å²) in [4.78, 5) is 34.8. The lowest BCUT2D eigenvalue weighted by Gasteiger charge is -2.24. The second kappa shape index (κ2) is 6.35. The van der Waals surface area contributed by atoms with Crippen LogP contribution in [0.3, 0.4) is 0 Å². The molecule has 1 aliphatic rings. The number of allylic oxidation sites excluding steroid dienone is 2. The monoisotopic (exact) mass is 287 g/mol. The summed E-state index contributed by atoms with van der Waals surface area (Å²) in [6.07, 6.45) is 4.39. The number of amides is 1. The molecule has 1 aromatic carbocycles. The number of carbonyl (C=O) groups excluding carboxylic acids is 2. The van der Waals surface area contributed by atoms with Crippen LogP contribution < -0.4 is 5.32 Å². The van der Waals surface area contributed by atoms with Gasteiger partial charge < -0.3 is 10.4 Å². The number of ketones is 1. The average Bonchev–Trinajstić information content (AvgIpc) is 2.47. The molecule has 110 valence electrons. The zero-order valence-corrected chi connectivity index (χ0v) is 11.7. The van der Waals surface area contributed by atoms with Gasteiger partial charge in [-0.1, -0.05) is 24.3 Å². The molecule has 2 rings (SSSR count). The number of carboxylic acids is 1. The predicted molar refractivity (Wildman–Crippen MR) is 78.1 cm³/mol. The highest BCUT2D eigenvalue weighted by atomic mass is 16.4. The lowest BCUT2D eigenvalue weighted by atomic mass is 9.82. The zero-order chi connectivity index (χ0) is 15.4. The summed E-state index contributed by atoms with van der Waals surface area (Å²) in [6, 6.07) is 6.62. The number of Topliss-reactive ketones (excluding diaryl/α,β-unsaturated/α-hetero) is 1. The molecule has 0 spiro atoms. The smallest absolute Gasteiger partial charge is 0.307 e. The van der Waals surface area contributed by atoms with Crippen molar-refractivity contribution in [3.05, 3.63) is 42.0 Å². The summed E-state index contributed by atoms with van der Waals surface area (Å²) >= 11 is 0. The third-order valence-corrected chi connectivity index (χ3v) is 3.62. The van der Waals surface area contributed by atoms with Crippen LogP contribution in [0.4, 0.5) is 5.69 Å². The van der Waals surface area contributed by atoms with Gasteiger partial charge >= 0.3 is 5.97 Å². The maximum atomic E-state index is 12.3. The SMILES string of the molecule is CC(=O)c1cccc(NC(=O)[C@@H]2CC=CC[C@@H]2C(=O)O)c1. The summed E-state index contributed by atoms with van der Waals surface area (Å²) in [6.45, 7) is 1.45. The highest BCUT2D eigenvalue weighted by molar-refractivity contribution is 5.98. The molecule has 0 heterocycles. The van der Waals surface area contributed by atoms with Crippen molar-refractivity contribution in [2.75, 3.05) is 5.32 Å². The van der Waals surface area contributed by atoms with E-state index in [4.69, 9.17) is 0 Å². The molecular weight excluding hydrogens is 270 g/mol. The highest BCUT2D eigenvalue weighted by Gasteiger charge is 2.33. The Balaban J connectivity index is 2.13. The van der Waals surface area contributed by atoms with Crippen molar-refractivity contribution in [3.63, 3.8) is 0 Å². The fourth-order valence-electron chi connectivity index (χ4n) is 2.43. The van der Waals surface area contributed by atoms with E-state index in [9.17, 15) is 19.5 Å². The topological polar surface area (TPSA) is 83.5 Å². The van der Waals surface area contributed by atoms with Crippen LogP contribution in [-0.4, -0.2) is 22.8 Å². The van der Waals surface area contributed by atoms with Crippen LogP contribution in [-0.2, 0) is 9.59 Å². The van der Waals surface area contributed by atoms with Gasteiger partial charge in [-0.2, -0.15) is 0 Å². The van der Waals surface area contributed by atoms with Gasteiger partial charge in [0.2, 0.25) is 5.91 Å². The summed E-state index contributed by atoms with van der Waals surface area (Å²) in [7, 11) is 0. The largest absolute Gasteiger partial charge is 0.481 e. The third kappa shape index (κ3) is 3.56. The first-order chi connectivity index (χ1) is 9.99. The summed E-state index contributed by atoms with van der Waals surface area (Å²) in [5, 5.41) is 11.9. The molecule has 1 aliphatic carbocycles. The molecule has 5 heteroatoms. The zero-order valence-electron chi connectivity index (χ0n) is 11.7. The lowest BCUT2D eigenvalue weighted by molar-refractivity contribution is -0.146.